The van der Waals surface area contributed by atoms with E-state index in [-0.39, 0.29) is 41.9 Å². The number of carbonyl (C=O) groups excluding carboxylic acids is 3. The van der Waals surface area contributed by atoms with Crippen molar-refractivity contribution in [3.05, 3.63) is 65.2 Å². The molecule has 1 heterocycles. The van der Waals surface area contributed by atoms with Crippen molar-refractivity contribution in [3.63, 3.8) is 0 Å². The number of carbonyl (C=O) groups is 3. The predicted molar refractivity (Wildman–Crippen MR) is 128 cm³/mol. The fraction of sp³-hybridized carbons (Fsp3) is 0.400. The van der Waals surface area contributed by atoms with Crippen LogP contribution in [0.3, 0.4) is 0 Å². The summed E-state index contributed by atoms with van der Waals surface area (Å²) < 4.78 is 26.4. The SMILES string of the molecule is CC[C@@H](C)NC(=O)[C@H](C)N(Cc1ccccc1C)C(=O)CCN1C(=O)c2ccccc2S1(=O)=O. The summed E-state index contributed by atoms with van der Waals surface area (Å²) in [6.07, 6.45) is 0.519. The molecule has 1 aliphatic rings. The zero-order chi connectivity index (χ0) is 25.0. The van der Waals surface area contributed by atoms with Crippen LogP contribution < -0.4 is 5.32 Å². The van der Waals surface area contributed by atoms with Gasteiger partial charge < -0.3 is 10.2 Å². The van der Waals surface area contributed by atoms with Crippen LogP contribution >= 0.6 is 0 Å². The van der Waals surface area contributed by atoms with Gasteiger partial charge >= 0.3 is 0 Å². The van der Waals surface area contributed by atoms with Crippen molar-refractivity contribution in [1.82, 2.24) is 14.5 Å². The Bertz CT molecular complexity index is 1190. The molecule has 1 aliphatic heterocycles. The Morgan fingerprint density at radius 2 is 1.71 bits per heavy atom. The number of hydrogen-bond donors (Lipinski definition) is 1. The molecule has 2 aromatic rings. The van der Waals surface area contributed by atoms with Crippen LogP contribution in [-0.2, 0) is 26.2 Å². The van der Waals surface area contributed by atoms with Crippen molar-refractivity contribution in [2.24, 2.45) is 0 Å². The lowest BCUT2D eigenvalue weighted by Gasteiger charge is -2.30. The van der Waals surface area contributed by atoms with Crippen LogP contribution in [0.15, 0.2) is 53.4 Å². The van der Waals surface area contributed by atoms with E-state index in [1.807, 2.05) is 45.0 Å². The quantitative estimate of drug-likeness (QED) is 0.588. The normalized spacial score (nSPS) is 16.0. The fourth-order valence-corrected chi connectivity index (χ4v) is 5.38. The molecule has 0 fully saturated rings. The Kier molecular flexibility index (Phi) is 7.76. The van der Waals surface area contributed by atoms with Crippen molar-refractivity contribution in [2.75, 3.05) is 6.54 Å². The van der Waals surface area contributed by atoms with Crippen LogP contribution in [0.5, 0.6) is 0 Å². The molecule has 3 amide bonds. The molecule has 182 valence electrons. The summed E-state index contributed by atoms with van der Waals surface area (Å²) in [5.41, 5.74) is 1.96. The van der Waals surface area contributed by atoms with E-state index < -0.39 is 27.9 Å². The third-order valence-electron chi connectivity index (χ3n) is 6.21. The highest BCUT2D eigenvalue weighted by molar-refractivity contribution is 7.90. The zero-order valence-corrected chi connectivity index (χ0v) is 20.8. The number of nitrogens with zero attached hydrogens (tertiary/aromatic N) is 2. The first-order valence-corrected chi connectivity index (χ1v) is 12.8. The topological polar surface area (TPSA) is 104 Å². The number of nitrogens with one attached hydrogen (secondary N) is 1. The van der Waals surface area contributed by atoms with Gasteiger partial charge in [-0.1, -0.05) is 43.3 Å². The van der Waals surface area contributed by atoms with E-state index in [1.165, 1.54) is 17.0 Å². The summed E-state index contributed by atoms with van der Waals surface area (Å²) in [6, 6.07) is 12.8. The van der Waals surface area contributed by atoms with Gasteiger partial charge in [0.15, 0.2) is 0 Å². The molecule has 1 N–H and O–H groups in total. The second kappa shape index (κ2) is 10.4. The number of benzene rings is 2. The summed E-state index contributed by atoms with van der Waals surface area (Å²) in [6.45, 7) is 7.33. The van der Waals surface area contributed by atoms with Gasteiger partial charge in [-0.2, -0.15) is 0 Å². The summed E-state index contributed by atoms with van der Waals surface area (Å²) in [7, 11) is -4.00. The number of amides is 3. The lowest BCUT2D eigenvalue weighted by atomic mass is 10.1. The third kappa shape index (κ3) is 5.14. The summed E-state index contributed by atoms with van der Waals surface area (Å²) >= 11 is 0. The standard InChI is InChI=1S/C25H31N3O5S/c1-5-18(3)26-24(30)19(4)27(16-20-11-7-6-10-17(20)2)23(29)14-15-28-25(31)21-12-8-9-13-22(21)34(28,32)33/h6-13,18-19H,5,14-16H2,1-4H3,(H,26,30)/t18-,19+/m1/s1. The van der Waals surface area contributed by atoms with Gasteiger partial charge in [-0.25, -0.2) is 12.7 Å². The van der Waals surface area contributed by atoms with Crippen LogP contribution in [0.25, 0.3) is 0 Å². The van der Waals surface area contributed by atoms with E-state index in [4.69, 9.17) is 0 Å². The van der Waals surface area contributed by atoms with Crippen molar-refractivity contribution < 1.29 is 22.8 Å². The first-order chi connectivity index (χ1) is 16.1. The van der Waals surface area contributed by atoms with Gasteiger partial charge in [0.1, 0.15) is 10.9 Å². The van der Waals surface area contributed by atoms with E-state index in [1.54, 1.807) is 19.1 Å². The summed E-state index contributed by atoms with van der Waals surface area (Å²) in [5.74, 6) is -1.33. The molecule has 9 heteroatoms. The van der Waals surface area contributed by atoms with Gasteiger partial charge in [0.05, 0.1) is 5.56 Å². The van der Waals surface area contributed by atoms with E-state index >= 15 is 0 Å². The number of fused-ring (bicyclic) bond motifs is 1. The van der Waals surface area contributed by atoms with Crippen LogP contribution in [0, 0.1) is 6.92 Å². The molecular formula is C25H31N3O5S. The molecular weight excluding hydrogens is 454 g/mol. The second-order valence-corrected chi connectivity index (χ2v) is 10.4. The number of sulfonamides is 1. The Hall–Kier alpha value is -3.20. The molecule has 34 heavy (non-hydrogen) atoms. The molecule has 2 atom stereocenters. The Labute approximate surface area is 201 Å². The highest BCUT2D eigenvalue weighted by atomic mass is 32.2. The van der Waals surface area contributed by atoms with Crippen LogP contribution in [-0.4, -0.2) is 54.0 Å². The maximum Gasteiger partial charge on any atom is 0.269 e. The lowest BCUT2D eigenvalue weighted by Crippen LogP contribution is -2.50. The van der Waals surface area contributed by atoms with Gasteiger partial charge in [0, 0.05) is 25.6 Å². The molecule has 0 saturated heterocycles. The molecule has 3 rings (SSSR count). The van der Waals surface area contributed by atoms with Gasteiger partial charge in [-0.15, -0.1) is 0 Å². The second-order valence-electron chi connectivity index (χ2n) is 8.57. The van der Waals surface area contributed by atoms with Crippen LogP contribution in [0.4, 0.5) is 0 Å². The molecule has 0 saturated carbocycles. The van der Waals surface area contributed by atoms with E-state index in [2.05, 4.69) is 5.32 Å². The zero-order valence-electron chi connectivity index (χ0n) is 19.9. The minimum Gasteiger partial charge on any atom is -0.352 e. The molecule has 0 aliphatic carbocycles. The summed E-state index contributed by atoms with van der Waals surface area (Å²) in [5, 5.41) is 2.90. The molecule has 0 unspecified atom stereocenters. The van der Waals surface area contributed by atoms with E-state index in [0.717, 1.165) is 21.9 Å². The van der Waals surface area contributed by atoms with Crippen molar-refractivity contribution in [1.29, 1.82) is 0 Å². The van der Waals surface area contributed by atoms with Gasteiger partial charge in [0.2, 0.25) is 11.8 Å². The molecule has 0 spiro atoms. The Balaban J connectivity index is 1.80. The average Bonchev–Trinajstić information content (AvgIpc) is 3.01. The maximum absolute atomic E-state index is 13.3. The Morgan fingerprint density at radius 3 is 2.35 bits per heavy atom. The molecule has 0 aromatic heterocycles. The van der Waals surface area contributed by atoms with Gasteiger partial charge in [0.25, 0.3) is 15.9 Å². The maximum atomic E-state index is 13.3. The van der Waals surface area contributed by atoms with Crippen LogP contribution in [0.2, 0.25) is 0 Å². The average molecular weight is 486 g/mol. The third-order valence-corrected chi connectivity index (χ3v) is 8.05. The molecule has 2 aromatic carbocycles. The van der Waals surface area contributed by atoms with Crippen molar-refractivity contribution >= 4 is 27.7 Å². The van der Waals surface area contributed by atoms with E-state index in [0.29, 0.717) is 0 Å². The van der Waals surface area contributed by atoms with Gasteiger partial charge in [-0.3, -0.25) is 14.4 Å². The Morgan fingerprint density at radius 1 is 1.06 bits per heavy atom. The minimum absolute atomic E-state index is 0.0452. The number of hydrogen-bond acceptors (Lipinski definition) is 5. The van der Waals surface area contributed by atoms with Crippen molar-refractivity contribution in [2.45, 2.75) is 64.1 Å². The molecule has 8 nitrogen and oxygen atoms in total. The first-order valence-electron chi connectivity index (χ1n) is 11.4. The van der Waals surface area contributed by atoms with E-state index in [9.17, 15) is 22.8 Å². The number of aryl methyl sites for hydroxylation is 1. The molecule has 0 bridgehead atoms. The monoisotopic (exact) mass is 485 g/mol. The highest BCUT2D eigenvalue weighted by Gasteiger charge is 2.41. The smallest absolute Gasteiger partial charge is 0.269 e. The van der Waals surface area contributed by atoms with Crippen LogP contribution in [0.1, 0.15) is 55.1 Å². The lowest BCUT2D eigenvalue weighted by molar-refractivity contribution is -0.140. The highest BCUT2D eigenvalue weighted by Crippen LogP contribution is 2.30. The molecule has 0 radical (unpaired) electrons. The number of rotatable bonds is 9. The largest absolute Gasteiger partial charge is 0.352 e. The predicted octanol–water partition coefficient (Wildman–Crippen LogP) is 2.86. The van der Waals surface area contributed by atoms with Crippen molar-refractivity contribution in [3.8, 4) is 0 Å². The van der Waals surface area contributed by atoms with Gasteiger partial charge in [-0.05, 0) is 50.5 Å². The minimum atomic E-state index is -4.00. The fourth-order valence-electron chi connectivity index (χ4n) is 3.81. The first kappa shape index (κ1) is 25.4. The summed E-state index contributed by atoms with van der Waals surface area (Å²) in [4.78, 5) is 40.2.